The smallest absolute Gasteiger partial charge is 0.475 e. The second kappa shape index (κ2) is 11.7. The lowest BCUT2D eigenvalue weighted by atomic mass is 10.00. The Morgan fingerprint density at radius 1 is 1.21 bits per heavy atom. The molecule has 1 aromatic carbocycles. The van der Waals surface area contributed by atoms with Gasteiger partial charge in [-0.2, -0.15) is 18.3 Å². The van der Waals surface area contributed by atoms with Crippen molar-refractivity contribution in [3.8, 4) is 0 Å². The van der Waals surface area contributed by atoms with Gasteiger partial charge in [-0.05, 0) is 49.6 Å². The molecule has 0 atom stereocenters. The number of carboxylic acids is 1. The zero-order valence-electron chi connectivity index (χ0n) is 18.8. The summed E-state index contributed by atoms with van der Waals surface area (Å²) in [5.74, 6) is -3.55. The number of H-pyrrole nitrogens is 1. The second-order valence-electron chi connectivity index (χ2n) is 7.65. The van der Waals surface area contributed by atoms with Gasteiger partial charge in [0.05, 0.1) is 11.3 Å². The van der Waals surface area contributed by atoms with Gasteiger partial charge in [-0.3, -0.25) is 9.59 Å². The number of aromatic nitrogens is 2. The summed E-state index contributed by atoms with van der Waals surface area (Å²) >= 11 is 0. The number of carbonyl (C=O) groups is 2. The summed E-state index contributed by atoms with van der Waals surface area (Å²) in [5.41, 5.74) is 2.98. The summed E-state index contributed by atoms with van der Waals surface area (Å²) in [6, 6.07) is 4.60. The van der Waals surface area contributed by atoms with E-state index in [2.05, 4.69) is 15.5 Å². The number of aromatic amines is 1. The lowest BCUT2D eigenvalue weighted by Gasteiger charge is -2.20. The Labute approximate surface area is 193 Å². The fourth-order valence-electron chi connectivity index (χ4n) is 3.47. The first-order valence-electron chi connectivity index (χ1n) is 10.6. The molecule has 3 rings (SSSR count). The van der Waals surface area contributed by atoms with Crippen molar-refractivity contribution < 1.29 is 32.3 Å². The van der Waals surface area contributed by atoms with Crippen LogP contribution in [-0.2, 0) is 17.6 Å². The number of carboxylic acid groups (broad SMARTS) is 1. The molecule has 0 spiro atoms. The zero-order valence-corrected chi connectivity index (χ0v) is 18.8. The van der Waals surface area contributed by atoms with Crippen LogP contribution in [0.25, 0.3) is 0 Å². The highest BCUT2D eigenvalue weighted by Gasteiger charge is 2.38. The molecule has 0 radical (unpaired) electrons. The molecule has 1 aromatic heterocycles. The molecule has 2 aromatic rings. The summed E-state index contributed by atoms with van der Waals surface area (Å²) in [6.45, 7) is 6.57. The van der Waals surface area contributed by atoms with Gasteiger partial charge in [-0.25, -0.2) is 14.3 Å². The number of alkyl halides is 3. The first-order chi connectivity index (χ1) is 16.0. The molecule has 1 amide bonds. The molecule has 186 valence electrons. The molecular weight excluding hydrogens is 460 g/mol. The predicted molar refractivity (Wildman–Crippen MR) is 115 cm³/mol. The topological polar surface area (TPSA) is 115 Å². The van der Waals surface area contributed by atoms with Crippen LogP contribution in [-0.4, -0.2) is 64.4 Å². The number of amides is 1. The maximum absolute atomic E-state index is 14.3. The minimum Gasteiger partial charge on any atom is -0.475 e. The highest BCUT2D eigenvalue weighted by Crippen LogP contribution is 2.18. The Bertz CT molecular complexity index is 1080. The Hall–Kier alpha value is -3.28. The molecule has 1 aliphatic heterocycles. The van der Waals surface area contributed by atoms with Gasteiger partial charge in [0.15, 0.2) is 0 Å². The van der Waals surface area contributed by atoms with Crippen LogP contribution in [0.1, 0.15) is 46.1 Å². The predicted octanol–water partition coefficient (Wildman–Crippen LogP) is 2.44. The SMILES string of the molecule is CCc1c(C)c(Cc2ccc(F)c(C(=O)N3CCCNCC3)c2)n[nH]c1=O.O=C(O)C(F)(F)F. The molecule has 1 fully saturated rings. The third-order valence-electron chi connectivity index (χ3n) is 5.31. The fraction of sp³-hybridized carbons (Fsp3) is 0.455. The van der Waals surface area contributed by atoms with Crippen LogP contribution in [0.4, 0.5) is 17.6 Å². The van der Waals surface area contributed by atoms with Crippen molar-refractivity contribution in [1.82, 2.24) is 20.4 Å². The number of aliphatic carboxylic acids is 1. The number of hydrogen-bond donors (Lipinski definition) is 3. The summed E-state index contributed by atoms with van der Waals surface area (Å²) < 4.78 is 46.1. The van der Waals surface area contributed by atoms with Gasteiger partial charge in [0.2, 0.25) is 0 Å². The highest BCUT2D eigenvalue weighted by molar-refractivity contribution is 5.94. The van der Waals surface area contributed by atoms with Crippen molar-refractivity contribution in [3.05, 3.63) is 62.3 Å². The number of nitrogens with one attached hydrogen (secondary N) is 2. The van der Waals surface area contributed by atoms with Crippen LogP contribution in [0.5, 0.6) is 0 Å². The van der Waals surface area contributed by atoms with Crippen molar-refractivity contribution in [2.45, 2.75) is 39.3 Å². The molecule has 0 bridgehead atoms. The van der Waals surface area contributed by atoms with Gasteiger partial charge >= 0.3 is 12.1 Å². The minimum atomic E-state index is -5.08. The van der Waals surface area contributed by atoms with E-state index in [9.17, 15) is 27.2 Å². The van der Waals surface area contributed by atoms with Gasteiger partial charge in [-0.1, -0.05) is 13.0 Å². The maximum Gasteiger partial charge on any atom is 0.490 e. The van der Waals surface area contributed by atoms with Gasteiger partial charge in [0.25, 0.3) is 11.5 Å². The first kappa shape index (κ1) is 27.0. The van der Waals surface area contributed by atoms with Gasteiger partial charge in [0, 0.05) is 31.6 Å². The normalized spacial score (nSPS) is 14.1. The number of rotatable bonds is 4. The van der Waals surface area contributed by atoms with Crippen molar-refractivity contribution in [1.29, 1.82) is 0 Å². The lowest BCUT2D eigenvalue weighted by molar-refractivity contribution is -0.192. The number of carbonyl (C=O) groups excluding carboxylic acids is 1. The molecule has 0 unspecified atom stereocenters. The maximum atomic E-state index is 14.3. The monoisotopic (exact) mass is 486 g/mol. The Kier molecular flexibility index (Phi) is 9.30. The third-order valence-corrected chi connectivity index (χ3v) is 5.31. The molecule has 1 aliphatic rings. The number of hydrogen-bond acceptors (Lipinski definition) is 5. The van der Waals surface area contributed by atoms with Crippen molar-refractivity contribution >= 4 is 11.9 Å². The van der Waals surface area contributed by atoms with Crippen LogP contribution < -0.4 is 10.9 Å². The average Bonchev–Trinajstić information content (AvgIpc) is 3.06. The van der Waals surface area contributed by atoms with E-state index in [1.165, 1.54) is 6.07 Å². The second-order valence-corrected chi connectivity index (χ2v) is 7.65. The van der Waals surface area contributed by atoms with Gasteiger partial charge < -0.3 is 15.3 Å². The molecule has 1 saturated heterocycles. The summed E-state index contributed by atoms with van der Waals surface area (Å²) in [7, 11) is 0. The van der Waals surface area contributed by atoms with Gasteiger partial charge in [0.1, 0.15) is 5.82 Å². The number of benzene rings is 1. The van der Waals surface area contributed by atoms with E-state index in [0.29, 0.717) is 38.0 Å². The van der Waals surface area contributed by atoms with E-state index in [4.69, 9.17) is 9.90 Å². The molecule has 2 heterocycles. The summed E-state index contributed by atoms with van der Waals surface area (Å²) in [6.07, 6.45) is -3.18. The number of halogens is 4. The molecule has 8 nitrogen and oxygen atoms in total. The standard InChI is InChI=1S/C20H25FN4O2.C2HF3O2/c1-3-15-13(2)18(23-24-19(15)26)12-14-5-6-17(21)16(11-14)20(27)25-9-4-7-22-8-10-25;3-2(4,5)1(6)7/h5-6,11,22H,3-4,7-10,12H2,1-2H3,(H,24,26);(H,6,7). The third kappa shape index (κ3) is 7.11. The van der Waals surface area contributed by atoms with Crippen LogP contribution in [0, 0.1) is 12.7 Å². The van der Waals surface area contributed by atoms with E-state index in [1.807, 2.05) is 13.8 Å². The fourth-order valence-corrected chi connectivity index (χ4v) is 3.47. The van der Waals surface area contributed by atoms with Crippen LogP contribution in [0.3, 0.4) is 0 Å². The van der Waals surface area contributed by atoms with Crippen molar-refractivity contribution in [3.63, 3.8) is 0 Å². The molecule has 0 saturated carbocycles. The van der Waals surface area contributed by atoms with E-state index in [0.717, 1.165) is 29.8 Å². The Morgan fingerprint density at radius 3 is 2.50 bits per heavy atom. The van der Waals surface area contributed by atoms with Gasteiger partial charge in [-0.15, -0.1) is 0 Å². The average molecular weight is 486 g/mol. The molecule has 3 N–H and O–H groups in total. The van der Waals surface area contributed by atoms with Crippen molar-refractivity contribution in [2.75, 3.05) is 26.2 Å². The largest absolute Gasteiger partial charge is 0.490 e. The highest BCUT2D eigenvalue weighted by atomic mass is 19.4. The summed E-state index contributed by atoms with van der Waals surface area (Å²) in [4.78, 5) is 35.2. The lowest BCUT2D eigenvalue weighted by Crippen LogP contribution is -2.34. The quantitative estimate of drug-likeness (QED) is 0.572. The number of nitrogens with zero attached hydrogens (tertiary/aromatic N) is 2. The van der Waals surface area contributed by atoms with E-state index >= 15 is 0 Å². The summed E-state index contributed by atoms with van der Waals surface area (Å²) in [5, 5.41) is 17.0. The zero-order chi connectivity index (χ0) is 25.5. The molecule has 0 aliphatic carbocycles. The Balaban J connectivity index is 0.000000509. The van der Waals surface area contributed by atoms with Crippen molar-refractivity contribution in [2.24, 2.45) is 0 Å². The van der Waals surface area contributed by atoms with Crippen LogP contribution in [0.2, 0.25) is 0 Å². The van der Waals surface area contributed by atoms with E-state index in [1.54, 1.807) is 17.0 Å². The first-order valence-corrected chi connectivity index (χ1v) is 10.6. The minimum absolute atomic E-state index is 0.0900. The van der Waals surface area contributed by atoms with Crippen LogP contribution in [0.15, 0.2) is 23.0 Å². The molecule has 12 heteroatoms. The van der Waals surface area contributed by atoms with E-state index < -0.39 is 18.0 Å². The Morgan fingerprint density at radius 2 is 1.88 bits per heavy atom. The van der Waals surface area contributed by atoms with Crippen LogP contribution >= 0.6 is 0 Å². The molecular formula is C22H26F4N4O4. The van der Waals surface area contributed by atoms with E-state index in [-0.39, 0.29) is 17.0 Å². The molecule has 34 heavy (non-hydrogen) atoms.